The van der Waals surface area contributed by atoms with Crippen LogP contribution in [-0.2, 0) is 9.53 Å². The van der Waals surface area contributed by atoms with Gasteiger partial charge in [-0.3, -0.25) is 4.79 Å². The van der Waals surface area contributed by atoms with Crippen molar-refractivity contribution >= 4 is 34.8 Å². The molecule has 0 spiro atoms. The van der Waals surface area contributed by atoms with Crippen LogP contribution < -0.4 is 11.1 Å². The first-order valence-corrected chi connectivity index (χ1v) is 7.24. The van der Waals surface area contributed by atoms with Gasteiger partial charge in [0.05, 0.1) is 11.6 Å². The van der Waals surface area contributed by atoms with Crippen molar-refractivity contribution in [3.8, 4) is 6.07 Å². The molecular weight excluding hydrogens is 321 g/mol. The van der Waals surface area contributed by atoms with E-state index in [0.717, 1.165) is 0 Å². The zero-order chi connectivity index (χ0) is 17.4. The van der Waals surface area contributed by atoms with Gasteiger partial charge in [-0.1, -0.05) is 19.1 Å². The number of rotatable bonds is 7. The van der Waals surface area contributed by atoms with Crippen molar-refractivity contribution in [1.29, 1.82) is 5.26 Å². The molecule has 6 nitrogen and oxygen atoms in total. The van der Waals surface area contributed by atoms with Crippen molar-refractivity contribution in [1.82, 2.24) is 0 Å². The van der Waals surface area contributed by atoms with Crippen LogP contribution in [0.3, 0.4) is 0 Å². The molecule has 1 amide bonds. The second-order valence-electron chi connectivity index (χ2n) is 4.64. The molecule has 0 aliphatic rings. The van der Waals surface area contributed by atoms with Gasteiger partial charge in [-0.15, -0.1) is 0 Å². The molecule has 1 aromatic carbocycles. The number of primary amides is 1. The minimum atomic E-state index is -1.63. The number of hydrogen-bond acceptors (Lipinski definition) is 5. The quantitative estimate of drug-likeness (QED) is 0.584. The monoisotopic (exact) mass is 337 g/mol. The van der Waals surface area contributed by atoms with Gasteiger partial charge < -0.3 is 15.8 Å². The number of halogens is 1. The van der Waals surface area contributed by atoms with Crippen molar-refractivity contribution in [2.24, 2.45) is 11.7 Å². The second kappa shape index (κ2) is 8.80. The third-order valence-corrected chi connectivity index (χ3v) is 3.15. The van der Waals surface area contributed by atoms with Crippen molar-refractivity contribution in [3.63, 3.8) is 0 Å². The van der Waals surface area contributed by atoms with E-state index in [1.54, 1.807) is 13.0 Å². The van der Waals surface area contributed by atoms with E-state index in [1.807, 2.05) is 0 Å². The Bertz CT molecular complexity index is 628. The van der Waals surface area contributed by atoms with Crippen molar-refractivity contribution < 1.29 is 18.7 Å². The Hall–Kier alpha value is -2.53. The van der Waals surface area contributed by atoms with Crippen molar-refractivity contribution in [3.05, 3.63) is 29.8 Å². The van der Waals surface area contributed by atoms with Crippen molar-refractivity contribution in [2.45, 2.75) is 26.1 Å². The first-order valence-electron chi connectivity index (χ1n) is 6.84. The lowest BCUT2D eigenvalue weighted by Crippen LogP contribution is -2.32. The third kappa shape index (κ3) is 5.64. The Labute approximate surface area is 138 Å². The molecular formula is C15H16FN3O3S. The predicted molar refractivity (Wildman–Crippen MR) is 86.2 cm³/mol. The number of anilines is 1. The average molecular weight is 337 g/mol. The fourth-order valence-electron chi connectivity index (χ4n) is 1.63. The number of esters is 1. The number of ether oxygens (including phenoxy) is 1. The van der Waals surface area contributed by atoms with E-state index in [-0.39, 0.29) is 17.0 Å². The highest BCUT2D eigenvalue weighted by atomic mass is 32.1. The van der Waals surface area contributed by atoms with Crippen LogP contribution >= 0.6 is 12.2 Å². The van der Waals surface area contributed by atoms with Gasteiger partial charge in [0.2, 0.25) is 12.3 Å². The highest BCUT2D eigenvalue weighted by molar-refractivity contribution is 7.80. The highest BCUT2D eigenvalue weighted by Gasteiger charge is 2.20. The van der Waals surface area contributed by atoms with E-state index in [2.05, 4.69) is 10.1 Å². The number of nitrogens with one attached hydrogen (secondary N) is 1. The number of alkyl halides is 1. The molecule has 0 aromatic heterocycles. The standard InChI is InChI=1S/C15H16FN3O3S/c1-2-3-12(16)22-15(21)9-4-6-10(7-5-9)19-14(23)11(8-17)13(18)20/h4-7,11-12H,2-3H2,1H3,(H2,18,20)(H,19,23). The van der Waals surface area contributed by atoms with Crippen LogP contribution in [0, 0.1) is 17.2 Å². The summed E-state index contributed by atoms with van der Waals surface area (Å²) in [7, 11) is 0. The molecule has 8 heteroatoms. The molecule has 0 aliphatic heterocycles. The van der Waals surface area contributed by atoms with E-state index in [9.17, 15) is 14.0 Å². The Morgan fingerprint density at radius 1 is 1.43 bits per heavy atom. The van der Waals surface area contributed by atoms with Gasteiger partial charge in [0.1, 0.15) is 4.99 Å². The summed E-state index contributed by atoms with van der Waals surface area (Å²) in [5.74, 6) is -2.86. The van der Waals surface area contributed by atoms with Crippen LogP contribution in [0.4, 0.5) is 10.1 Å². The summed E-state index contributed by atoms with van der Waals surface area (Å²) in [6.07, 6.45) is -0.929. The van der Waals surface area contributed by atoms with Gasteiger partial charge in [-0.25, -0.2) is 9.18 Å². The maximum Gasteiger partial charge on any atom is 0.340 e. The Morgan fingerprint density at radius 3 is 2.52 bits per heavy atom. The molecule has 0 saturated heterocycles. The van der Waals surface area contributed by atoms with Gasteiger partial charge in [-0.2, -0.15) is 5.26 Å². The number of carbonyl (C=O) groups excluding carboxylic acids is 2. The maximum absolute atomic E-state index is 13.2. The largest absolute Gasteiger partial charge is 0.428 e. The van der Waals surface area contributed by atoms with Gasteiger partial charge in [0.25, 0.3) is 0 Å². The minimum absolute atomic E-state index is 0.0397. The molecule has 0 bridgehead atoms. The van der Waals surface area contributed by atoms with Crippen molar-refractivity contribution in [2.75, 3.05) is 5.32 Å². The molecule has 122 valence electrons. The van der Waals surface area contributed by atoms with E-state index < -0.39 is 24.2 Å². The molecule has 0 fully saturated rings. The summed E-state index contributed by atoms with van der Waals surface area (Å²) in [5, 5.41) is 11.5. The molecule has 0 aliphatic carbocycles. The molecule has 0 saturated carbocycles. The molecule has 3 N–H and O–H groups in total. The van der Waals surface area contributed by atoms with Gasteiger partial charge in [-0.05, 0) is 30.7 Å². The lowest BCUT2D eigenvalue weighted by molar-refractivity contribution is -0.118. The van der Waals surface area contributed by atoms with Crippen LogP contribution in [0.5, 0.6) is 0 Å². The van der Waals surface area contributed by atoms with E-state index in [0.29, 0.717) is 12.1 Å². The Balaban J connectivity index is 2.70. The summed E-state index contributed by atoms with van der Waals surface area (Å²) in [4.78, 5) is 22.7. The lowest BCUT2D eigenvalue weighted by atomic mass is 10.1. The third-order valence-electron chi connectivity index (χ3n) is 2.81. The van der Waals surface area contributed by atoms with E-state index >= 15 is 0 Å². The van der Waals surface area contributed by atoms with Crippen LogP contribution in [0.15, 0.2) is 24.3 Å². The molecule has 0 radical (unpaired) electrons. The summed E-state index contributed by atoms with van der Waals surface area (Å²) in [5.41, 5.74) is 5.68. The number of benzene rings is 1. The summed E-state index contributed by atoms with van der Waals surface area (Å²) in [6, 6.07) is 7.50. The number of nitrogens with zero attached hydrogens (tertiary/aromatic N) is 1. The van der Waals surface area contributed by atoms with Gasteiger partial charge in [0, 0.05) is 12.1 Å². The molecule has 23 heavy (non-hydrogen) atoms. The number of nitrogens with two attached hydrogens (primary N) is 1. The molecule has 0 heterocycles. The minimum Gasteiger partial charge on any atom is -0.428 e. The predicted octanol–water partition coefficient (Wildman–Crippen LogP) is 2.30. The number of thiocarbonyl (C=S) groups is 1. The van der Waals surface area contributed by atoms with E-state index in [1.165, 1.54) is 24.3 Å². The normalized spacial score (nSPS) is 12.6. The lowest BCUT2D eigenvalue weighted by Gasteiger charge is -2.11. The topological polar surface area (TPSA) is 105 Å². The van der Waals surface area contributed by atoms with Crippen LogP contribution in [0.2, 0.25) is 0 Å². The van der Waals surface area contributed by atoms with Crippen LogP contribution in [0.1, 0.15) is 30.1 Å². The zero-order valence-electron chi connectivity index (χ0n) is 12.4. The number of carbonyl (C=O) groups is 2. The molecule has 2 atom stereocenters. The fraction of sp³-hybridized carbons (Fsp3) is 0.333. The maximum atomic E-state index is 13.2. The zero-order valence-corrected chi connectivity index (χ0v) is 13.2. The first kappa shape index (κ1) is 18.5. The first-order chi connectivity index (χ1) is 10.9. The summed E-state index contributed by atoms with van der Waals surface area (Å²) >= 11 is 4.93. The number of amides is 1. The Kier molecular flexibility index (Phi) is 7.09. The molecule has 1 rings (SSSR count). The molecule has 2 unspecified atom stereocenters. The van der Waals surface area contributed by atoms with E-state index in [4.69, 9.17) is 23.2 Å². The Morgan fingerprint density at radius 2 is 2.04 bits per heavy atom. The van der Waals surface area contributed by atoms with Gasteiger partial charge >= 0.3 is 5.97 Å². The number of hydrogen-bond donors (Lipinski definition) is 2. The van der Waals surface area contributed by atoms with Gasteiger partial charge in [0.15, 0.2) is 5.92 Å². The second-order valence-corrected chi connectivity index (χ2v) is 5.07. The summed E-state index contributed by atoms with van der Waals surface area (Å²) in [6.45, 7) is 1.78. The fourth-order valence-corrected chi connectivity index (χ4v) is 1.91. The summed E-state index contributed by atoms with van der Waals surface area (Å²) < 4.78 is 17.9. The number of nitriles is 1. The SMILES string of the molecule is CCCC(F)OC(=O)c1ccc(NC(=S)C(C#N)C(N)=O)cc1. The average Bonchev–Trinajstić information content (AvgIpc) is 2.48. The van der Waals surface area contributed by atoms with Crippen LogP contribution in [0.25, 0.3) is 0 Å². The smallest absolute Gasteiger partial charge is 0.340 e. The molecule has 1 aromatic rings. The van der Waals surface area contributed by atoms with Crippen LogP contribution in [-0.4, -0.2) is 23.2 Å². The highest BCUT2D eigenvalue weighted by Crippen LogP contribution is 2.14.